The van der Waals surface area contributed by atoms with Gasteiger partial charge < -0.3 is 19.7 Å². The van der Waals surface area contributed by atoms with Crippen LogP contribution in [0, 0.1) is 0 Å². The molecule has 7 heteroatoms. The van der Waals surface area contributed by atoms with E-state index >= 15 is 0 Å². The second-order valence-electron chi connectivity index (χ2n) is 6.53. The van der Waals surface area contributed by atoms with Gasteiger partial charge in [0.2, 0.25) is 6.79 Å². The first-order chi connectivity index (χ1) is 12.2. The summed E-state index contributed by atoms with van der Waals surface area (Å²) in [7, 11) is 1.79. The first-order valence-electron chi connectivity index (χ1n) is 8.60. The van der Waals surface area contributed by atoms with Gasteiger partial charge in [0.15, 0.2) is 11.5 Å². The third-order valence-corrected chi connectivity index (χ3v) is 4.68. The summed E-state index contributed by atoms with van der Waals surface area (Å²) >= 11 is 0. The van der Waals surface area contributed by atoms with Crippen LogP contribution in [0.4, 0.5) is 0 Å². The van der Waals surface area contributed by atoms with E-state index in [0.29, 0.717) is 18.3 Å². The maximum atomic E-state index is 12.7. The summed E-state index contributed by atoms with van der Waals surface area (Å²) < 4.78 is 12.6. The van der Waals surface area contributed by atoms with Gasteiger partial charge in [0, 0.05) is 26.3 Å². The Morgan fingerprint density at radius 1 is 1.36 bits per heavy atom. The molecule has 1 atom stereocenters. The zero-order chi connectivity index (χ0) is 17.2. The van der Waals surface area contributed by atoms with Crippen LogP contribution in [0.25, 0.3) is 0 Å². The topological polar surface area (TPSA) is 68.6 Å². The Morgan fingerprint density at radius 3 is 3.08 bits per heavy atom. The number of nitrogens with zero attached hydrogens (tertiary/aromatic N) is 3. The quantitative estimate of drug-likeness (QED) is 0.918. The number of carbonyl (C=O) groups is 1. The van der Waals surface area contributed by atoms with E-state index in [0.717, 1.165) is 43.0 Å². The molecule has 1 amide bonds. The van der Waals surface area contributed by atoms with Crippen LogP contribution in [0.5, 0.6) is 11.5 Å². The van der Waals surface area contributed by atoms with Crippen LogP contribution in [0.2, 0.25) is 0 Å². The third kappa shape index (κ3) is 3.32. The van der Waals surface area contributed by atoms with E-state index in [9.17, 15) is 4.79 Å². The Bertz CT molecular complexity index is 767. The third-order valence-electron chi connectivity index (χ3n) is 4.68. The van der Waals surface area contributed by atoms with Gasteiger partial charge in [-0.15, -0.1) is 0 Å². The maximum Gasteiger partial charge on any atom is 0.274 e. The molecule has 0 saturated carbocycles. The number of rotatable bonds is 4. The Kier molecular flexibility index (Phi) is 4.31. The average molecular weight is 342 g/mol. The van der Waals surface area contributed by atoms with E-state index in [-0.39, 0.29) is 12.7 Å². The number of benzene rings is 1. The molecule has 25 heavy (non-hydrogen) atoms. The normalized spacial score (nSPS) is 19.0. The maximum absolute atomic E-state index is 12.7. The number of hydrogen-bond acceptors (Lipinski definition) is 5. The summed E-state index contributed by atoms with van der Waals surface area (Å²) in [5.74, 6) is 1.39. The summed E-state index contributed by atoms with van der Waals surface area (Å²) in [5.41, 5.74) is 1.48. The van der Waals surface area contributed by atoms with Crippen LogP contribution in [-0.2, 0) is 6.54 Å². The fourth-order valence-electron chi connectivity index (χ4n) is 3.30. The Labute approximate surface area is 146 Å². The molecule has 2 aliphatic rings. The van der Waals surface area contributed by atoms with Crippen molar-refractivity contribution in [2.75, 3.05) is 26.9 Å². The Morgan fingerprint density at radius 2 is 2.24 bits per heavy atom. The summed E-state index contributed by atoms with van der Waals surface area (Å²) in [5, 5.41) is 7.86. The minimum atomic E-state index is -0.0832. The van der Waals surface area contributed by atoms with Gasteiger partial charge in [0.25, 0.3) is 5.91 Å². The molecule has 1 unspecified atom stereocenters. The van der Waals surface area contributed by atoms with Crippen molar-refractivity contribution in [3.63, 3.8) is 0 Å². The van der Waals surface area contributed by atoms with Crippen LogP contribution in [0.15, 0.2) is 30.5 Å². The first-order valence-corrected chi connectivity index (χ1v) is 8.60. The molecule has 0 radical (unpaired) electrons. The highest BCUT2D eigenvalue weighted by Crippen LogP contribution is 2.32. The fraction of sp³-hybridized carbons (Fsp3) is 0.444. The lowest BCUT2D eigenvalue weighted by Crippen LogP contribution is -2.32. The Hall–Kier alpha value is -2.54. The number of carbonyl (C=O) groups excluding carboxylic acids is 1. The molecule has 2 aliphatic heterocycles. The monoisotopic (exact) mass is 342 g/mol. The Balaban J connectivity index is 1.42. The molecule has 4 rings (SSSR count). The molecule has 0 spiro atoms. The zero-order valence-corrected chi connectivity index (χ0v) is 14.3. The summed E-state index contributed by atoms with van der Waals surface area (Å²) in [6, 6.07) is 7.87. The highest BCUT2D eigenvalue weighted by Gasteiger charge is 2.20. The highest BCUT2D eigenvalue weighted by molar-refractivity contribution is 5.92. The number of ether oxygens (including phenoxy) is 2. The lowest BCUT2D eigenvalue weighted by molar-refractivity contribution is 0.0777. The predicted octanol–water partition coefficient (Wildman–Crippen LogP) is 1.81. The lowest BCUT2D eigenvalue weighted by atomic mass is 10.1. The fourth-order valence-corrected chi connectivity index (χ4v) is 3.30. The highest BCUT2D eigenvalue weighted by atomic mass is 16.7. The van der Waals surface area contributed by atoms with Crippen LogP contribution < -0.4 is 14.8 Å². The summed E-state index contributed by atoms with van der Waals surface area (Å²) in [4.78, 5) is 14.3. The largest absolute Gasteiger partial charge is 0.454 e. The second kappa shape index (κ2) is 6.76. The van der Waals surface area contributed by atoms with E-state index in [1.165, 1.54) is 0 Å². The molecule has 1 N–H and O–H groups in total. The number of nitrogens with one attached hydrogen (secondary N) is 1. The molecule has 1 aromatic carbocycles. The van der Waals surface area contributed by atoms with Crippen LogP contribution in [0.3, 0.4) is 0 Å². The molecule has 1 saturated heterocycles. The standard InChI is InChI=1S/C18H22N4O3/c1-21(11-13-4-5-16-17(9-13)25-12-24-16)18(23)15-6-8-22(20-15)14-3-2-7-19-10-14/h4-6,8-9,14,19H,2-3,7,10-12H2,1H3. The van der Waals surface area contributed by atoms with Crippen molar-refractivity contribution in [3.05, 3.63) is 41.7 Å². The van der Waals surface area contributed by atoms with Crippen molar-refractivity contribution >= 4 is 5.91 Å². The van der Waals surface area contributed by atoms with Gasteiger partial charge in [0.05, 0.1) is 6.04 Å². The minimum Gasteiger partial charge on any atom is -0.454 e. The second-order valence-corrected chi connectivity index (χ2v) is 6.53. The molecule has 3 heterocycles. The van der Waals surface area contributed by atoms with Gasteiger partial charge in [-0.2, -0.15) is 5.10 Å². The van der Waals surface area contributed by atoms with Crippen LogP contribution >= 0.6 is 0 Å². The molecular weight excluding hydrogens is 320 g/mol. The minimum absolute atomic E-state index is 0.0832. The number of amides is 1. The molecule has 1 fully saturated rings. The molecule has 7 nitrogen and oxygen atoms in total. The molecule has 2 aromatic rings. The molecule has 0 aliphatic carbocycles. The van der Waals surface area contributed by atoms with Crippen molar-refractivity contribution in [1.29, 1.82) is 0 Å². The lowest BCUT2D eigenvalue weighted by Gasteiger charge is -2.23. The van der Waals surface area contributed by atoms with Gasteiger partial charge in [-0.3, -0.25) is 9.48 Å². The van der Waals surface area contributed by atoms with Gasteiger partial charge in [0.1, 0.15) is 5.69 Å². The van der Waals surface area contributed by atoms with E-state index in [1.807, 2.05) is 29.1 Å². The summed E-state index contributed by atoms with van der Waals surface area (Å²) in [6.07, 6.45) is 4.13. The number of fused-ring (bicyclic) bond motifs is 1. The molecule has 0 bridgehead atoms. The van der Waals surface area contributed by atoms with Gasteiger partial charge in [-0.05, 0) is 43.1 Å². The number of piperidine rings is 1. The molecular formula is C18H22N4O3. The summed E-state index contributed by atoms with van der Waals surface area (Å²) in [6.45, 7) is 2.71. The predicted molar refractivity (Wildman–Crippen MR) is 91.7 cm³/mol. The van der Waals surface area contributed by atoms with E-state index in [2.05, 4.69) is 10.4 Å². The molecule has 1 aromatic heterocycles. The van der Waals surface area contributed by atoms with Crippen molar-refractivity contribution in [1.82, 2.24) is 20.0 Å². The van der Waals surface area contributed by atoms with Crippen LogP contribution in [-0.4, -0.2) is 47.5 Å². The van der Waals surface area contributed by atoms with Gasteiger partial charge >= 0.3 is 0 Å². The van der Waals surface area contributed by atoms with E-state index in [1.54, 1.807) is 18.0 Å². The van der Waals surface area contributed by atoms with Gasteiger partial charge in [-0.1, -0.05) is 6.07 Å². The van der Waals surface area contributed by atoms with Crippen LogP contribution in [0.1, 0.15) is 34.9 Å². The zero-order valence-electron chi connectivity index (χ0n) is 14.3. The van der Waals surface area contributed by atoms with Crippen molar-refractivity contribution in [3.8, 4) is 11.5 Å². The van der Waals surface area contributed by atoms with E-state index < -0.39 is 0 Å². The molecule has 132 valence electrons. The average Bonchev–Trinajstić information content (AvgIpc) is 3.31. The number of hydrogen-bond donors (Lipinski definition) is 1. The number of aromatic nitrogens is 2. The van der Waals surface area contributed by atoms with Crippen molar-refractivity contribution in [2.24, 2.45) is 0 Å². The SMILES string of the molecule is CN(Cc1ccc2c(c1)OCO2)C(=O)c1ccn(C2CCCNC2)n1. The van der Waals surface area contributed by atoms with E-state index in [4.69, 9.17) is 9.47 Å². The first kappa shape index (κ1) is 16.0. The van der Waals surface area contributed by atoms with Crippen molar-refractivity contribution in [2.45, 2.75) is 25.4 Å². The van der Waals surface area contributed by atoms with Gasteiger partial charge in [-0.25, -0.2) is 0 Å². The smallest absolute Gasteiger partial charge is 0.274 e. The van der Waals surface area contributed by atoms with Crippen molar-refractivity contribution < 1.29 is 14.3 Å².